The Balaban J connectivity index is 1.15. The van der Waals surface area contributed by atoms with E-state index in [0.29, 0.717) is 50.3 Å². The molecule has 37 heavy (non-hydrogen) atoms. The number of nitrogens with zero attached hydrogens (tertiary/aromatic N) is 3. The van der Waals surface area contributed by atoms with Crippen molar-refractivity contribution in [2.75, 3.05) is 44.3 Å². The second-order valence-electron chi connectivity index (χ2n) is 10.3. The summed E-state index contributed by atoms with van der Waals surface area (Å²) in [4.78, 5) is 33.1. The van der Waals surface area contributed by atoms with Gasteiger partial charge < -0.3 is 24.1 Å². The first-order valence-electron chi connectivity index (χ1n) is 12.9. The van der Waals surface area contributed by atoms with Gasteiger partial charge in [0.05, 0.1) is 18.9 Å². The topological polar surface area (TPSA) is 72.0 Å². The summed E-state index contributed by atoms with van der Waals surface area (Å²) in [5.74, 6) is 2.10. The summed E-state index contributed by atoms with van der Waals surface area (Å²) in [6, 6.07) is 12.0. The summed E-state index contributed by atoms with van der Waals surface area (Å²) >= 11 is 1.65. The van der Waals surface area contributed by atoms with E-state index in [0.717, 1.165) is 58.2 Å². The summed E-state index contributed by atoms with van der Waals surface area (Å²) in [5.41, 5.74) is 5.82. The molecule has 0 N–H and O–H groups in total. The molecule has 3 heterocycles. The van der Waals surface area contributed by atoms with Crippen LogP contribution in [0.25, 0.3) is 11.3 Å². The van der Waals surface area contributed by atoms with Crippen LogP contribution in [0.4, 0.5) is 5.13 Å². The highest BCUT2D eigenvalue weighted by atomic mass is 32.1. The average molecular weight is 518 g/mol. The van der Waals surface area contributed by atoms with Crippen LogP contribution in [0.1, 0.15) is 27.0 Å². The van der Waals surface area contributed by atoms with Crippen LogP contribution in [0.15, 0.2) is 41.8 Å². The number of piperidine rings is 1. The minimum Gasteiger partial charge on any atom is -0.488 e. The quantitative estimate of drug-likeness (QED) is 0.434. The molecule has 3 aliphatic rings. The predicted molar refractivity (Wildman–Crippen MR) is 143 cm³/mol. The Morgan fingerprint density at radius 2 is 1.92 bits per heavy atom. The summed E-state index contributed by atoms with van der Waals surface area (Å²) in [6.07, 6.45) is 1.12. The van der Waals surface area contributed by atoms with Crippen molar-refractivity contribution < 1.29 is 19.1 Å². The molecule has 0 radical (unpaired) electrons. The van der Waals surface area contributed by atoms with E-state index >= 15 is 0 Å². The van der Waals surface area contributed by atoms with Crippen molar-refractivity contribution in [2.45, 2.75) is 20.5 Å². The number of hydrogen-bond acceptors (Lipinski definition) is 7. The zero-order valence-electron chi connectivity index (χ0n) is 21.2. The highest BCUT2D eigenvalue weighted by molar-refractivity contribution is 7.14. The molecule has 0 spiro atoms. The molecule has 2 saturated heterocycles. The smallest absolute Gasteiger partial charge is 0.254 e. The molecule has 2 aromatic carbocycles. The normalized spacial score (nSPS) is 22.6. The van der Waals surface area contributed by atoms with Crippen molar-refractivity contribution in [1.29, 1.82) is 0 Å². The summed E-state index contributed by atoms with van der Waals surface area (Å²) < 4.78 is 11.7. The number of fused-ring (bicyclic) bond motifs is 1. The highest BCUT2D eigenvalue weighted by Gasteiger charge is 2.56. The molecule has 0 bridgehead atoms. The molecule has 8 heteroatoms. The molecule has 1 amide bonds. The number of morpholine rings is 1. The fourth-order valence-corrected chi connectivity index (χ4v) is 6.37. The lowest BCUT2D eigenvalue weighted by Gasteiger charge is -2.27. The van der Waals surface area contributed by atoms with Gasteiger partial charge in [0, 0.05) is 48.6 Å². The van der Waals surface area contributed by atoms with Crippen LogP contribution in [0, 0.1) is 31.6 Å². The number of hydrogen-bond donors (Lipinski definition) is 0. The van der Waals surface area contributed by atoms with Gasteiger partial charge in [0.2, 0.25) is 0 Å². The first-order valence-corrected chi connectivity index (χ1v) is 13.8. The number of amides is 1. The van der Waals surface area contributed by atoms with Crippen LogP contribution in [-0.2, 0) is 16.1 Å². The first kappa shape index (κ1) is 24.1. The molecule has 3 fully saturated rings. The van der Waals surface area contributed by atoms with Crippen molar-refractivity contribution >= 4 is 28.7 Å². The maximum atomic E-state index is 12.8. The van der Waals surface area contributed by atoms with E-state index in [1.807, 2.05) is 36.1 Å². The Morgan fingerprint density at radius 1 is 1.14 bits per heavy atom. The average Bonchev–Trinajstić information content (AvgIpc) is 3.25. The van der Waals surface area contributed by atoms with E-state index in [9.17, 15) is 9.59 Å². The molecular weight excluding hydrogens is 486 g/mol. The maximum Gasteiger partial charge on any atom is 0.254 e. The van der Waals surface area contributed by atoms with E-state index in [1.165, 1.54) is 0 Å². The largest absolute Gasteiger partial charge is 0.488 e. The fourth-order valence-electron chi connectivity index (χ4n) is 5.53. The number of rotatable bonds is 7. The second-order valence-corrected chi connectivity index (χ2v) is 11.1. The minimum absolute atomic E-state index is 0.0519. The molecule has 1 unspecified atom stereocenters. The predicted octanol–water partition coefficient (Wildman–Crippen LogP) is 4.36. The van der Waals surface area contributed by atoms with E-state index < -0.39 is 0 Å². The van der Waals surface area contributed by atoms with Gasteiger partial charge >= 0.3 is 0 Å². The highest BCUT2D eigenvalue weighted by Crippen LogP contribution is 2.51. The number of aromatic nitrogens is 1. The lowest BCUT2D eigenvalue weighted by atomic mass is 10.0. The van der Waals surface area contributed by atoms with Crippen molar-refractivity contribution in [2.24, 2.45) is 17.8 Å². The number of aldehydes is 1. The molecule has 3 atom stereocenters. The molecule has 7 nitrogen and oxygen atoms in total. The van der Waals surface area contributed by atoms with Crippen LogP contribution in [0.3, 0.4) is 0 Å². The number of thiazole rings is 1. The third kappa shape index (κ3) is 4.76. The van der Waals surface area contributed by atoms with Gasteiger partial charge in [-0.25, -0.2) is 4.98 Å². The van der Waals surface area contributed by atoms with Crippen molar-refractivity contribution in [3.8, 4) is 17.0 Å². The first-order chi connectivity index (χ1) is 18.0. The van der Waals surface area contributed by atoms with Gasteiger partial charge in [0.15, 0.2) is 5.13 Å². The standard InChI is InChI=1S/C29H31N3O4S/c1-18-3-6-27(22(11-18)26-17-37-29(30-26)32-13-23-24(14-32)25(23)15-33)36-16-21-5-4-20(12-19(21)2)28(34)31-7-9-35-10-8-31/h3-6,11-12,15,17,23-25H,7-10,13-14,16H2,1-2H3/t23-,24+,25?. The summed E-state index contributed by atoms with van der Waals surface area (Å²) in [7, 11) is 0. The van der Waals surface area contributed by atoms with Gasteiger partial charge in [0.25, 0.3) is 5.91 Å². The zero-order valence-corrected chi connectivity index (χ0v) is 22.0. The maximum absolute atomic E-state index is 12.8. The fraction of sp³-hybridized carbons (Fsp3) is 0.414. The van der Waals surface area contributed by atoms with Gasteiger partial charge in [-0.1, -0.05) is 17.7 Å². The monoisotopic (exact) mass is 517 g/mol. The SMILES string of the molecule is Cc1ccc(OCc2ccc(C(=O)N3CCOCC3)cc2C)c(-c2csc(N3C[C@@H]4C(C=O)[C@@H]4C3)n2)c1. The Hall–Kier alpha value is -3.23. The third-order valence-corrected chi connectivity index (χ3v) is 8.76. The number of ether oxygens (including phenoxy) is 2. The van der Waals surface area contributed by atoms with E-state index in [2.05, 4.69) is 29.3 Å². The minimum atomic E-state index is 0.0519. The number of carbonyl (C=O) groups is 2. The Kier molecular flexibility index (Phi) is 6.46. The number of anilines is 1. The second kappa shape index (κ2) is 9.91. The van der Waals surface area contributed by atoms with Crippen LogP contribution >= 0.6 is 11.3 Å². The van der Waals surface area contributed by atoms with Gasteiger partial charge in [-0.15, -0.1) is 11.3 Å². The molecule has 1 saturated carbocycles. The van der Waals surface area contributed by atoms with E-state index in [-0.39, 0.29) is 11.8 Å². The Morgan fingerprint density at radius 3 is 2.65 bits per heavy atom. The molecule has 192 valence electrons. The van der Waals surface area contributed by atoms with Crippen molar-refractivity contribution in [3.05, 3.63) is 64.0 Å². The number of aryl methyl sites for hydroxylation is 2. The van der Waals surface area contributed by atoms with Gasteiger partial charge in [-0.3, -0.25) is 4.79 Å². The Labute approximate surface area is 221 Å². The van der Waals surface area contributed by atoms with Crippen LogP contribution < -0.4 is 9.64 Å². The van der Waals surface area contributed by atoms with Crippen LogP contribution in [-0.4, -0.2) is 61.5 Å². The van der Waals surface area contributed by atoms with Crippen LogP contribution in [0.5, 0.6) is 5.75 Å². The molecule has 6 rings (SSSR count). The van der Waals surface area contributed by atoms with E-state index in [1.54, 1.807) is 11.3 Å². The number of carbonyl (C=O) groups excluding carboxylic acids is 2. The molecule has 1 aliphatic carbocycles. The molecular formula is C29H31N3O4S. The molecule has 2 aliphatic heterocycles. The Bertz CT molecular complexity index is 1320. The third-order valence-electron chi connectivity index (χ3n) is 7.86. The van der Waals surface area contributed by atoms with E-state index in [4.69, 9.17) is 14.5 Å². The lowest BCUT2D eigenvalue weighted by Crippen LogP contribution is -2.40. The van der Waals surface area contributed by atoms with Gasteiger partial charge in [0.1, 0.15) is 18.6 Å². The van der Waals surface area contributed by atoms with Gasteiger partial charge in [-0.2, -0.15) is 0 Å². The lowest BCUT2D eigenvalue weighted by molar-refractivity contribution is -0.109. The molecule has 1 aromatic heterocycles. The number of benzene rings is 2. The van der Waals surface area contributed by atoms with Gasteiger partial charge in [-0.05, 0) is 61.1 Å². The van der Waals surface area contributed by atoms with Crippen LogP contribution in [0.2, 0.25) is 0 Å². The molecule has 3 aromatic rings. The van der Waals surface area contributed by atoms with Crippen molar-refractivity contribution in [3.63, 3.8) is 0 Å². The summed E-state index contributed by atoms with van der Waals surface area (Å²) in [5, 5.41) is 3.10. The van der Waals surface area contributed by atoms with Crippen molar-refractivity contribution in [1.82, 2.24) is 9.88 Å². The summed E-state index contributed by atoms with van der Waals surface area (Å²) in [6.45, 7) is 8.79. The zero-order chi connectivity index (χ0) is 25.5.